The number of rotatable bonds is 7. The van der Waals surface area contributed by atoms with E-state index in [1.54, 1.807) is 45.4 Å². The SMILES string of the molecule is COc1ccc(-c2cc(NC(=O)c3cc(S(=O)(=O)N4CCCC4)ccc3C)ccc2OC)cc1. The number of carbonyl (C=O) groups excluding carboxylic acids is 1. The number of anilines is 1. The minimum absolute atomic E-state index is 0.138. The highest BCUT2D eigenvalue weighted by Gasteiger charge is 2.28. The Bertz CT molecular complexity index is 1300. The number of nitrogens with one attached hydrogen (secondary N) is 1. The van der Waals surface area contributed by atoms with Gasteiger partial charge in [0.2, 0.25) is 10.0 Å². The zero-order valence-corrected chi connectivity index (χ0v) is 20.3. The summed E-state index contributed by atoms with van der Waals surface area (Å²) >= 11 is 0. The summed E-state index contributed by atoms with van der Waals surface area (Å²) in [5.74, 6) is 1.03. The number of methoxy groups -OCH3 is 2. The van der Waals surface area contributed by atoms with Crippen molar-refractivity contribution < 1.29 is 22.7 Å². The fourth-order valence-corrected chi connectivity index (χ4v) is 5.61. The molecule has 0 unspecified atom stereocenters. The third-order valence-electron chi connectivity index (χ3n) is 6.01. The van der Waals surface area contributed by atoms with Crippen LogP contribution in [-0.4, -0.2) is 45.9 Å². The summed E-state index contributed by atoms with van der Waals surface area (Å²) in [5.41, 5.74) is 3.31. The van der Waals surface area contributed by atoms with Crippen LogP contribution < -0.4 is 14.8 Å². The first kappa shape index (κ1) is 23.8. The molecule has 34 heavy (non-hydrogen) atoms. The van der Waals surface area contributed by atoms with Gasteiger partial charge < -0.3 is 14.8 Å². The summed E-state index contributed by atoms with van der Waals surface area (Å²) in [5, 5.41) is 2.90. The molecule has 0 saturated carbocycles. The molecule has 1 aliphatic heterocycles. The van der Waals surface area contributed by atoms with Gasteiger partial charge in [-0.15, -0.1) is 0 Å². The van der Waals surface area contributed by atoms with E-state index in [1.807, 2.05) is 30.3 Å². The largest absolute Gasteiger partial charge is 0.497 e. The lowest BCUT2D eigenvalue weighted by Gasteiger charge is -2.17. The van der Waals surface area contributed by atoms with Crippen molar-refractivity contribution in [1.82, 2.24) is 4.31 Å². The number of carbonyl (C=O) groups is 1. The summed E-state index contributed by atoms with van der Waals surface area (Å²) in [6.45, 7) is 2.81. The maximum atomic E-state index is 13.2. The van der Waals surface area contributed by atoms with Crippen molar-refractivity contribution in [3.63, 3.8) is 0 Å². The van der Waals surface area contributed by atoms with Gasteiger partial charge >= 0.3 is 0 Å². The number of aryl methyl sites for hydroxylation is 1. The van der Waals surface area contributed by atoms with Crippen molar-refractivity contribution in [1.29, 1.82) is 0 Å². The number of sulfonamides is 1. The summed E-state index contributed by atoms with van der Waals surface area (Å²) < 4.78 is 38.1. The molecule has 4 rings (SSSR count). The van der Waals surface area contributed by atoms with Gasteiger partial charge in [0.05, 0.1) is 19.1 Å². The molecule has 0 atom stereocenters. The third-order valence-corrected chi connectivity index (χ3v) is 7.91. The standard InChI is InChI=1S/C26H28N2O5S/c1-18-6-12-22(34(30,31)28-14-4-5-15-28)17-23(18)26(29)27-20-9-13-25(33-3)24(16-20)19-7-10-21(32-2)11-8-19/h6-13,16-17H,4-5,14-15H2,1-3H3,(H,27,29). The summed E-state index contributed by atoms with van der Waals surface area (Å²) in [7, 11) is -0.412. The lowest BCUT2D eigenvalue weighted by Crippen LogP contribution is -2.28. The van der Waals surface area contributed by atoms with E-state index >= 15 is 0 Å². The predicted molar refractivity (Wildman–Crippen MR) is 132 cm³/mol. The van der Waals surface area contributed by atoms with Gasteiger partial charge in [0.15, 0.2) is 0 Å². The quantitative estimate of drug-likeness (QED) is 0.529. The van der Waals surface area contributed by atoms with Gasteiger partial charge in [0.1, 0.15) is 11.5 Å². The van der Waals surface area contributed by atoms with Crippen molar-refractivity contribution >= 4 is 21.6 Å². The average Bonchev–Trinajstić information content (AvgIpc) is 3.40. The van der Waals surface area contributed by atoms with Crippen LogP contribution in [-0.2, 0) is 10.0 Å². The summed E-state index contributed by atoms with van der Waals surface area (Å²) in [6, 6.07) is 17.6. The maximum absolute atomic E-state index is 13.2. The molecule has 1 amide bonds. The van der Waals surface area contributed by atoms with E-state index in [1.165, 1.54) is 10.4 Å². The molecule has 178 valence electrons. The van der Waals surface area contributed by atoms with Gasteiger partial charge in [0, 0.05) is 29.9 Å². The van der Waals surface area contributed by atoms with Gasteiger partial charge in [-0.25, -0.2) is 8.42 Å². The second-order valence-electron chi connectivity index (χ2n) is 8.19. The van der Waals surface area contributed by atoms with Crippen molar-refractivity contribution in [2.24, 2.45) is 0 Å². The normalized spacial score (nSPS) is 14.1. The van der Waals surface area contributed by atoms with Gasteiger partial charge in [-0.1, -0.05) is 18.2 Å². The van der Waals surface area contributed by atoms with E-state index in [2.05, 4.69) is 5.32 Å². The Hall–Kier alpha value is -3.36. The van der Waals surface area contributed by atoms with Crippen molar-refractivity contribution in [2.45, 2.75) is 24.7 Å². The van der Waals surface area contributed by atoms with Crippen LogP contribution in [0.5, 0.6) is 11.5 Å². The first-order valence-corrected chi connectivity index (χ1v) is 12.5. The minimum atomic E-state index is -3.62. The Morgan fingerprint density at radius 2 is 1.62 bits per heavy atom. The minimum Gasteiger partial charge on any atom is -0.497 e. The lowest BCUT2D eigenvalue weighted by molar-refractivity contribution is 0.102. The molecule has 7 nitrogen and oxygen atoms in total. The van der Waals surface area contributed by atoms with Crippen LogP contribution in [0, 0.1) is 6.92 Å². The van der Waals surface area contributed by atoms with Gasteiger partial charge in [-0.05, 0) is 73.4 Å². The highest BCUT2D eigenvalue weighted by Crippen LogP contribution is 2.34. The van der Waals surface area contributed by atoms with Crippen LogP contribution in [0.1, 0.15) is 28.8 Å². The van der Waals surface area contributed by atoms with Crippen molar-refractivity contribution in [3.8, 4) is 22.6 Å². The first-order chi connectivity index (χ1) is 16.3. The van der Waals surface area contributed by atoms with Crippen LogP contribution in [0.3, 0.4) is 0 Å². The van der Waals surface area contributed by atoms with Crippen LogP contribution in [0.15, 0.2) is 65.6 Å². The van der Waals surface area contributed by atoms with Crippen molar-refractivity contribution in [2.75, 3.05) is 32.6 Å². The second kappa shape index (κ2) is 9.87. The maximum Gasteiger partial charge on any atom is 0.255 e. The van der Waals surface area contributed by atoms with E-state index in [0.717, 1.165) is 29.7 Å². The Balaban J connectivity index is 1.62. The van der Waals surface area contributed by atoms with E-state index < -0.39 is 10.0 Å². The highest BCUT2D eigenvalue weighted by atomic mass is 32.2. The lowest BCUT2D eigenvalue weighted by atomic mass is 10.0. The molecule has 0 spiro atoms. The third kappa shape index (κ3) is 4.78. The molecular formula is C26H28N2O5S. The molecule has 0 aliphatic carbocycles. The second-order valence-corrected chi connectivity index (χ2v) is 10.1. The smallest absolute Gasteiger partial charge is 0.255 e. The number of hydrogen-bond donors (Lipinski definition) is 1. The molecule has 0 aromatic heterocycles. The van der Waals surface area contributed by atoms with Gasteiger partial charge in [0.25, 0.3) is 5.91 Å². The van der Waals surface area contributed by atoms with Gasteiger partial charge in [-0.2, -0.15) is 4.31 Å². The van der Waals surface area contributed by atoms with Crippen LogP contribution >= 0.6 is 0 Å². The van der Waals surface area contributed by atoms with E-state index in [9.17, 15) is 13.2 Å². The molecule has 1 heterocycles. The summed E-state index contributed by atoms with van der Waals surface area (Å²) in [4.78, 5) is 13.3. The molecule has 3 aromatic rings. The van der Waals surface area contributed by atoms with E-state index in [4.69, 9.17) is 9.47 Å². The summed E-state index contributed by atoms with van der Waals surface area (Å²) in [6.07, 6.45) is 1.71. The van der Waals surface area contributed by atoms with E-state index in [-0.39, 0.29) is 10.8 Å². The molecule has 3 aromatic carbocycles. The van der Waals surface area contributed by atoms with Crippen LogP contribution in [0.2, 0.25) is 0 Å². The Morgan fingerprint density at radius 1 is 0.912 bits per heavy atom. The molecule has 1 N–H and O–H groups in total. The number of hydrogen-bond acceptors (Lipinski definition) is 5. The zero-order valence-electron chi connectivity index (χ0n) is 19.5. The fourth-order valence-electron chi connectivity index (χ4n) is 4.06. The van der Waals surface area contributed by atoms with E-state index in [0.29, 0.717) is 35.7 Å². The molecule has 1 aliphatic rings. The topological polar surface area (TPSA) is 84.9 Å². The Kier molecular flexibility index (Phi) is 6.90. The number of benzene rings is 3. The molecule has 1 fully saturated rings. The fraction of sp³-hybridized carbons (Fsp3) is 0.269. The van der Waals surface area contributed by atoms with Crippen LogP contribution in [0.4, 0.5) is 5.69 Å². The number of nitrogens with zero attached hydrogens (tertiary/aromatic N) is 1. The monoisotopic (exact) mass is 480 g/mol. The Morgan fingerprint density at radius 3 is 2.26 bits per heavy atom. The zero-order chi connectivity index (χ0) is 24.3. The molecule has 1 saturated heterocycles. The number of amides is 1. The number of ether oxygens (including phenoxy) is 2. The first-order valence-electron chi connectivity index (χ1n) is 11.1. The highest BCUT2D eigenvalue weighted by molar-refractivity contribution is 7.89. The van der Waals surface area contributed by atoms with Gasteiger partial charge in [-0.3, -0.25) is 4.79 Å². The molecular weight excluding hydrogens is 452 g/mol. The molecule has 0 bridgehead atoms. The van der Waals surface area contributed by atoms with Crippen LogP contribution in [0.25, 0.3) is 11.1 Å². The predicted octanol–water partition coefficient (Wildman–Crippen LogP) is 4.72. The van der Waals surface area contributed by atoms with Crippen molar-refractivity contribution in [3.05, 3.63) is 71.8 Å². The Labute approximate surface area is 200 Å². The molecule has 0 radical (unpaired) electrons. The average molecular weight is 481 g/mol. The molecule has 8 heteroatoms.